The van der Waals surface area contributed by atoms with Gasteiger partial charge in [0, 0.05) is 24.9 Å². The van der Waals surface area contributed by atoms with Gasteiger partial charge in [0.1, 0.15) is 0 Å². The predicted octanol–water partition coefficient (Wildman–Crippen LogP) is 15.7. The van der Waals surface area contributed by atoms with Gasteiger partial charge in [0.2, 0.25) is 0 Å². The fourth-order valence-electron chi connectivity index (χ4n) is 10.5. The molecule has 2 aliphatic rings. The van der Waals surface area contributed by atoms with Crippen LogP contribution in [0.1, 0.15) is 284 Å². The van der Waals surface area contributed by atoms with Crippen LogP contribution in [0.4, 0.5) is 0 Å². The molecule has 6 rings (SSSR count). The van der Waals surface area contributed by atoms with Gasteiger partial charge in [-0.1, -0.05) is 263 Å². The van der Waals surface area contributed by atoms with Crippen molar-refractivity contribution in [1.82, 2.24) is 0 Å². The summed E-state index contributed by atoms with van der Waals surface area (Å²) >= 11 is 0. The summed E-state index contributed by atoms with van der Waals surface area (Å²) in [6.45, 7) is 51.2. The Morgan fingerprint density at radius 3 is 0.573 bits per heavy atom. The summed E-state index contributed by atoms with van der Waals surface area (Å²) in [6, 6.07) is 16.3. The second-order valence-electron chi connectivity index (χ2n) is 31.7. The van der Waals surface area contributed by atoms with Gasteiger partial charge < -0.3 is 20.4 Å². The minimum Gasteiger partial charge on any atom is -0.872 e. The standard InChI is InChI=1S/2C36H54N2O2.2Ni/c2*1-33(2,3)25-17-23(31(39)27(19-25)35(7,8)9)21-37-29-15-13-14-16-30(29)38-22-24-18-26(34(4,5)6)20-28(32(24)40)36(10,11)12;;/h2*17-22,29-30,39-40H,13-16H2,1-12H3;;/q;;2*+2/p-4/t2*29-,30-;;/m10../s1. The zero-order valence-corrected chi connectivity index (χ0v) is 56.9. The fourth-order valence-corrected chi connectivity index (χ4v) is 10.5. The number of benzene rings is 4. The summed E-state index contributed by atoms with van der Waals surface area (Å²) < 4.78 is 0. The van der Waals surface area contributed by atoms with Gasteiger partial charge in [-0.2, -0.15) is 0 Å². The molecule has 8 nitrogen and oxygen atoms in total. The van der Waals surface area contributed by atoms with Crippen molar-refractivity contribution in [3.63, 3.8) is 0 Å². The van der Waals surface area contributed by atoms with E-state index in [4.69, 9.17) is 20.0 Å². The smallest absolute Gasteiger partial charge is 0.872 e. The molecular weight excluding hydrogens is 1100 g/mol. The summed E-state index contributed by atoms with van der Waals surface area (Å²) in [5.74, 6) is 0.240. The van der Waals surface area contributed by atoms with Gasteiger partial charge in [0.05, 0.1) is 24.2 Å². The predicted molar refractivity (Wildman–Crippen MR) is 336 cm³/mol. The molecule has 0 radical (unpaired) electrons. The van der Waals surface area contributed by atoms with Gasteiger partial charge >= 0.3 is 33.0 Å². The second-order valence-corrected chi connectivity index (χ2v) is 31.7. The van der Waals surface area contributed by atoms with E-state index in [1.165, 1.54) is 0 Å². The van der Waals surface area contributed by atoms with E-state index < -0.39 is 0 Å². The molecule has 0 aliphatic heterocycles. The molecule has 10 heteroatoms. The van der Waals surface area contributed by atoms with Crippen molar-refractivity contribution in [2.75, 3.05) is 0 Å². The Hall–Kier alpha value is -4.25. The Balaban J connectivity index is 0.000000420. The minimum absolute atomic E-state index is 0. The first kappa shape index (κ1) is 72.0. The van der Waals surface area contributed by atoms with Gasteiger partial charge in [-0.05, 0) is 136 Å². The minimum atomic E-state index is -0.248. The number of rotatable bonds is 8. The first-order valence-corrected chi connectivity index (χ1v) is 30.0. The number of hydrogen-bond acceptors (Lipinski definition) is 8. The summed E-state index contributed by atoms with van der Waals surface area (Å²) in [5, 5.41) is 53.9. The SMILES string of the molecule is CC(C)(C)c1cc(C=N[C@@H]2CCCC[C@H]2N=Cc2cc(C(C)(C)C)cc(C(C)(C)C)c2[O-])c([O-])c(C(C)(C)C)c1.CC(C)(C)c1cc(C=N[C@H]2CCCC[C@@H]2N=Cc2cc(C(C)(C)C)cc(C(C)(C)C)c2[O-])c([O-])c(C(C)(C)C)c1.[Ni+2].[Ni+2]. The van der Waals surface area contributed by atoms with Crippen LogP contribution in [0, 0.1) is 0 Å². The zero-order valence-electron chi connectivity index (χ0n) is 54.9. The van der Waals surface area contributed by atoms with Crippen LogP contribution >= 0.6 is 0 Å². The van der Waals surface area contributed by atoms with E-state index in [-0.39, 0.29) is 123 Å². The molecule has 2 saturated carbocycles. The van der Waals surface area contributed by atoms with Crippen LogP contribution in [0.25, 0.3) is 0 Å². The van der Waals surface area contributed by atoms with Crippen molar-refractivity contribution in [2.45, 2.75) is 285 Å². The van der Waals surface area contributed by atoms with Crippen molar-refractivity contribution in [3.8, 4) is 23.0 Å². The molecule has 0 spiro atoms. The quantitative estimate of drug-likeness (QED) is 0.128. The van der Waals surface area contributed by atoms with E-state index in [9.17, 15) is 20.4 Å². The Morgan fingerprint density at radius 2 is 0.439 bits per heavy atom. The Labute approximate surface area is 518 Å². The van der Waals surface area contributed by atoms with E-state index in [1.54, 1.807) is 24.9 Å². The average molecular weight is 1210 g/mol. The molecule has 0 amide bonds. The topological polar surface area (TPSA) is 142 Å². The van der Waals surface area contributed by atoms with Crippen molar-refractivity contribution in [1.29, 1.82) is 0 Å². The van der Waals surface area contributed by atoms with Crippen LogP contribution in [0.5, 0.6) is 23.0 Å². The maximum Gasteiger partial charge on any atom is 2.00 e. The van der Waals surface area contributed by atoms with E-state index in [1.807, 2.05) is 24.3 Å². The molecule has 2 aliphatic carbocycles. The zero-order chi connectivity index (χ0) is 60.5. The molecule has 82 heavy (non-hydrogen) atoms. The van der Waals surface area contributed by atoms with Crippen molar-refractivity contribution in [2.24, 2.45) is 20.0 Å². The van der Waals surface area contributed by atoms with Crippen molar-refractivity contribution < 1.29 is 53.4 Å². The van der Waals surface area contributed by atoms with Crippen molar-refractivity contribution >= 4 is 24.9 Å². The molecule has 2 fully saturated rings. The first-order valence-electron chi connectivity index (χ1n) is 30.0. The molecule has 4 aromatic rings. The van der Waals surface area contributed by atoms with E-state index in [0.29, 0.717) is 22.3 Å². The van der Waals surface area contributed by atoms with Gasteiger partial charge in [0.25, 0.3) is 0 Å². The third-order valence-corrected chi connectivity index (χ3v) is 16.2. The van der Waals surface area contributed by atoms with Gasteiger partial charge in [-0.3, -0.25) is 20.0 Å². The molecule has 0 aromatic heterocycles. The van der Waals surface area contributed by atoms with Crippen LogP contribution < -0.4 is 20.4 Å². The third kappa shape index (κ3) is 18.9. The van der Waals surface area contributed by atoms with Crippen molar-refractivity contribution in [3.05, 3.63) is 115 Å². The molecule has 0 N–H and O–H groups in total. The summed E-state index contributed by atoms with van der Waals surface area (Å²) in [4.78, 5) is 19.9. The molecular formula is C72H104N4Ni2O4. The number of hydrogen-bond donors (Lipinski definition) is 0. The Kier molecular flexibility index (Phi) is 23.7. The number of nitrogens with zero attached hydrogens (tertiary/aromatic N) is 4. The normalized spacial score (nSPS) is 19.1. The summed E-state index contributed by atoms with van der Waals surface area (Å²) in [5.41, 5.74) is 9.24. The maximum absolute atomic E-state index is 13.5. The third-order valence-electron chi connectivity index (χ3n) is 16.2. The molecule has 4 aromatic carbocycles. The number of aliphatic imine (C=N–C) groups is 4. The molecule has 456 valence electrons. The fraction of sp³-hybridized carbons (Fsp3) is 0.611. The molecule has 0 unspecified atom stereocenters. The molecule has 4 atom stereocenters. The Morgan fingerprint density at radius 1 is 0.280 bits per heavy atom. The van der Waals surface area contributed by atoms with Gasteiger partial charge in [-0.25, -0.2) is 0 Å². The van der Waals surface area contributed by atoms with E-state index in [2.05, 4.69) is 190 Å². The second kappa shape index (κ2) is 27.0. The van der Waals surface area contributed by atoms with E-state index in [0.717, 1.165) is 95.9 Å². The van der Waals surface area contributed by atoms with Crippen LogP contribution in [-0.2, 0) is 76.3 Å². The van der Waals surface area contributed by atoms with Crippen LogP contribution in [0.3, 0.4) is 0 Å². The maximum atomic E-state index is 13.5. The largest absolute Gasteiger partial charge is 2.00 e. The summed E-state index contributed by atoms with van der Waals surface area (Å²) in [7, 11) is 0. The van der Waals surface area contributed by atoms with Crippen LogP contribution in [0.15, 0.2) is 68.5 Å². The Bertz CT molecular complexity index is 2530. The first-order chi connectivity index (χ1) is 36.4. The van der Waals surface area contributed by atoms with Gasteiger partial charge in [0.15, 0.2) is 0 Å². The van der Waals surface area contributed by atoms with E-state index >= 15 is 0 Å². The monoisotopic (exact) mass is 1200 g/mol. The molecule has 0 bridgehead atoms. The molecule has 0 saturated heterocycles. The van der Waals surface area contributed by atoms with Gasteiger partial charge in [-0.15, -0.1) is 0 Å². The van der Waals surface area contributed by atoms with Crippen LogP contribution in [-0.4, -0.2) is 49.0 Å². The van der Waals surface area contributed by atoms with Crippen LogP contribution in [0.2, 0.25) is 0 Å². The summed E-state index contributed by atoms with van der Waals surface area (Å²) in [6.07, 6.45) is 15.3. The molecule has 0 heterocycles. The average Bonchev–Trinajstić information content (AvgIpc) is 3.30.